The van der Waals surface area contributed by atoms with Crippen molar-refractivity contribution in [2.45, 2.75) is 10.7 Å². The lowest BCUT2D eigenvalue weighted by Crippen LogP contribution is -1.90. The summed E-state index contributed by atoms with van der Waals surface area (Å²) in [5.41, 5.74) is 0. The van der Waals surface area contributed by atoms with Gasteiger partial charge in [0.1, 0.15) is 11.5 Å². The quantitative estimate of drug-likeness (QED) is 0.727. The Morgan fingerprint density at radius 2 is 1.93 bits per heavy atom. The van der Waals surface area contributed by atoms with Crippen LogP contribution in [0.25, 0.3) is 0 Å². The van der Waals surface area contributed by atoms with Gasteiger partial charge < -0.3 is 9.47 Å². The van der Waals surface area contributed by atoms with Crippen molar-refractivity contribution in [1.82, 2.24) is 0 Å². The van der Waals surface area contributed by atoms with Crippen LogP contribution in [-0.4, -0.2) is 20.0 Å². The van der Waals surface area contributed by atoms with Crippen LogP contribution in [0.2, 0.25) is 0 Å². The van der Waals surface area contributed by atoms with Gasteiger partial charge in [0.2, 0.25) is 0 Å². The fraction of sp³-hybridized carbons (Fsp3) is 0.333. The molecule has 0 fully saturated rings. The molecular weight excluding hydrogens is 210 g/mol. The van der Waals surface area contributed by atoms with Gasteiger partial charge in [-0.3, -0.25) is 0 Å². The predicted octanol–water partition coefficient (Wildman–Crippen LogP) is 3.02. The van der Waals surface area contributed by atoms with Crippen molar-refractivity contribution < 1.29 is 18.3 Å². The van der Waals surface area contributed by atoms with E-state index in [0.29, 0.717) is 28.2 Å². The fourth-order valence-electron chi connectivity index (χ4n) is 0.972. The van der Waals surface area contributed by atoms with Crippen LogP contribution in [0.3, 0.4) is 0 Å². The van der Waals surface area contributed by atoms with Crippen LogP contribution >= 0.6 is 11.8 Å². The van der Waals surface area contributed by atoms with E-state index in [1.807, 2.05) is 0 Å². The second-order valence-electron chi connectivity index (χ2n) is 2.40. The first kappa shape index (κ1) is 11.1. The molecule has 0 aliphatic heterocycles. The molecule has 1 rings (SSSR count). The molecule has 0 unspecified atom stereocenters. The summed E-state index contributed by atoms with van der Waals surface area (Å²) in [6, 6.07) is 4.79. The Hall–Kier alpha value is -0.970. The third-order valence-electron chi connectivity index (χ3n) is 1.59. The summed E-state index contributed by atoms with van der Waals surface area (Å²) in [5.74, 6) is -1.50. The van der Waals surface area contributed by atoms with Gasteiger partial charge in [-0.05, 0) is 18.2 Å². The van der Waals surface area contributed by atoms with Crippen LogP contribution in [0.5, 0.6) is 11.5 Å². The number of ether oxygens (including phenoxy) is 2. The van der Waals surface area contributed by atoms with Crippen molar-refractivity contribution in [2.75, 3.05) is 14.2 Å². The highest BCUT2D eigenvalue weighted by atomic mass is 32.2. The first-order valence-electron chi connectivity index (χ1n) is 3.84. The first-order chi connectivity index (χ1) is 6.67. The van der Waals surface area contributed by atoms with Gasteiger partial charge in [0.15, 0.2) is 0 Å². The molecule has 0 atom stereocenters. The smallest absolute Gasteiger partial charge is 0.289 e. The van der Waals surface area contributed by atoms with E-state index in [4.69, 9.17) is 9.47 Å². The lowest BCUT2D eigenvalue weighted by Gasteiger charge is -2.08. The van der Waals surface area contributed by atoms with E-state index in [9.17, 15) is 8.78 Å². The van der Waals surface area contributed by atoms with Crippen LogP contribution in [0, 0.1) is 0 Å². The van der Waals surface area contributed by atoms with E-state index in [2.05, 4.69) is 0 Å². The van der Waals surface area contributed by atoms with E-state index in [1.54, 1.807) is 12.1 Å². The maximum atomic E-state index is 12.1. The van der Waals surface area contributed by atoms with Crippen molar-refractivity contribution in [2.24, 2.45) is 0 Å². The summed E-state index contributed by atoms with van der Waals surface area (Å²) in [6.45, 7) is 0. The standard InChI is InChI=1S/C9H10F2O2S/c1-12-6-3-4-7(13-2)8(5-6)14-9(10)11/h3-5,9H,1-2H3. The molecule has 0 amide bonds. The average Bonchev–Trinajstić information content (AvgIpc) is 2.16. The van der Waals surface area contributed by atoms with E-state index in [0.717, 1.165) is 0 Å². The van der Waals surface area contributed by atoms with Gasteiger partial charge >= 0.3 is 0 Å². The molecule has 2 nitrogen and oxygen atoms in total. The molecule has 0 aliphatic rings. The van der Waals surface area contributed by atoms with Crippen LogP contribution < -0.4 is 9.47 Å². The third kappa shape index (κ3) is 2.77. The first-order valence-corrected chi connectivity index (χ1v) is 4.72. The van der Waals surface area contributed by atoms with Gasteiger partial charge in [0.05, 0.1) is 19.1 Å². The van der Waals surface area contributed by atoms with Crippen molar-refractivity contribution in [3.8, 4) is 11.5 Å². The molecule has 14 heavy (non-hydrogen) atoms. The van der Waals surface area contributed by atoms with Crippen molar-refractivity contribution in [3.05, 3.63) is 18.2 Å². The minimum absolute atomic E-state index is 0.377. The maximum Gasteiger partial charge on any atom is 0.289 e. The summed E-state index contributed by atoms with van der Waals surface area (Å²) >= 11 is 0.441. The molecular formula is C9H10F2O2S. The predicted molar refractivity (Wildman–Crippen MR) is 51.4 cm³/mol. The number of rotatable bonds is 4. The number of halogens is 2. The van der Waals surface area contributed by atoms with E-state index in [1.165, 1.54) is 20.3 Å². The molecule has 1 aromatic rings. The van der Waals surface area contributed by atoms with Gasteiger partial charge in [0.25, 0.3) is 5.76 Å². The molecule has 0 heterocycles. The molecule has 0 aliphatic carbocycles. The molecule has 78 valence electrons. The average molecular weight is 220 g/mol. The second kappa shape index (κ2) is 5.05. The molecule has 0 spiro atoms. The number of hydrogen-bond donors (Lipinski definition) is 0. The molecule has 5 heteroatoms. The van der Waals surface area contributed by atoms with Gasteiger partial charge in [-0.25, -0.2) is 0 Å². The van der Waals surface area contributed by atoms with Crippen LogP contribution in [0.4, 0.5) is 8.78 Å². The normalized spacial score (nSPS) is 10.4. The second-order valence-corrected chi connectivity index (χ2v) is 3.43. The number of methoxy groups -OCH3 is 2. The zero-order valence-electron chi connectivity index (χ0n) is 7.79. The van der Waals surface area contributed by atoms with Gasteiger partial charge in [-0.1, -0.05) is 11.8 Å². The highest BCUT2D eigenvalue weighted by Gasteiger charge is 2.11. The molecule has 0 saturated carbocycles. The monoisotopic (exact) mass is 220 g/mol. The summed E-state index contributed by atoms with van der Waals surface area (Å²) in [4.78, 5) is 0.377. The van der Waals surface area contributed by atoms with Crippen molar-refractivity contribution in [1.29, 1.82) is 0 Å². The van der Waals surface area contributed by atoms with Crippen LogP contribution in [0.1, 0.15) is 0 Å². The Bertz CT molecular complexity index is 305. The highest BCUT2D eigenvalue weighted by molar-refractivity contribution is 7.99. The Kier molecular flexibility index (Phi) is 4.00. The van der Waals surface area contributed by atoms with Crippen molar-refractivity contribution in [3.63, 3.8) is 0 Å². The lowest BCUT2D eigenvalue weighted by molar-refractivity contribution is 0.251. The molecule has 1 aromatic carbocycles. The topological polar surface area (TPSA) is 18.5 Å². The minimum Gasteiger partial charge on any atom is -0.497 e. The minimum atomic E-state index is -2.46. The number of thioether (sulfide) groups is 1. The zero-order valence-corrected chi connectivity index (χ0v) is 8.61. The summed E-state index contributed by atoms with van der Waals surface area (Å²) in [5, 5.41) is 0. The third-order valence-corrected chi connectivity index (χ3v) is 2.34. The Morgan fingerprint density at radius 1 is 1.21 bits per heavy atom. The number of hydrogen-bond acceptors (Lipinski definition) is 3. The van der Waals surface area contributed by atoms with Gasteiger partial charge in [0, 0.05) is 0 Å². The van der Waals surface area contributed by atoms with E-state index >= 15 is 0 Å². The lowest BCUT2D eigenvalue weighted by atomic mass is 10.3. The zero-order chi connectivity index (χ0) is 10.6. The van der Waals surface area contributed by atoms with Gasteiger partial charge in [-0.15, -0.1) is 0 Å². The molecule has 0 N–H and O–H groups in total. The number of benzene rings is 1. The highest BCUT2D eigenvalue weighted by Crippen LogP contribution is 2.35. The maximum absolute atomic E-state index is 12.1. The SMILES string of the molecule is COc1ccc(OC)c(SC(F)F)c1. The molecule has 0 bridgehead atoms. The summed E-state index contributed by atoms with van der Waals surface area (Å²) in [6.07, 6.45) is 0. The molecule has 0 radical (unpaired) electrons. The Balaban J connectivity index is 2.96. The summed E-state index contributed by atoms with van der Waals surface area (Å²) in [7, 11) is 2.93. The van der Waals surface area contributed by atoms with Crippen LogP contribution in [0.15, 0.2) is 23.1 Å². The summed E-state index contributed by atoms with van der Waals surface area (Å²) < 4.78 is 34.1. The van der Waals surface area contributed by atoms with Crippen LogP contribution in [-0.2, 0) is 0 Å². The number of alkyl halides is 2. The molecule has 0 saturated heterocycles. The van der Waals surface area contributed by atoms with E-state index < -0.39 is 5.76 Å². The molecule has 0 aromatic heterocycles. The Morgan fingerprint density at radius 3 is 2.43 bits per heavy atom. The largest absolute Gasteiger partial charge is 0.497 e. The van der Waals surface area contributed by atoms with E-state index in [-0.39, 0.29) is 0 Å². The Labute approximate surface area is 85.2 Å². The van der Waals surface area contributed by atoms with Gasteiger partial charge in [-0.2, -0.15) is 8.78 Å². The van der Waals surface area contributed by atoms with Crippen molar-refractivity contribution >= 4 is 11.8 Å². The fourth-order valence-corrected chi connectivity index (χ4v) is 1.62.